The Morgan fingerprint density at radius 2 is 1.84 bits per heavy atom. The van der Waals surface area contributed by atoms with Gasteiger partial charge in [0, 0.05) is 26.0 Å². The molecule has 0 radical (unpaired) electrons. The first-order chi connectivity index (χ1) is 17.0. The minimum Gasteiger partial charge on any atom is -0.460 e. The molecule has 204 valence electrons. The Balaban J connectivity index is 1.70. The number of fused-ring (bicyclic) bond motifs is 1. The number of carbonyl (C=O) groups excluding carboxylic acids is 3. The number of esters is 1. The second-order valence-corrected chi connectivity index (χ2v) is 13.1. The summed E-state index contributed by atoms with van der Waals surface area (Å²) in [6.45, 7) is 8.56. The van der Waals surface area contributed by atoms with E-state index in [0.717, 1.165) is 14.6 Å². The quantitative estimate of drug-likeness (QED) is 0.337. The Bertz CT molecular complexity index is 1240. The predicted molar refractivity (Wildman–Crippen MR) is 139 cm³/mol. The van der Waals surface area contributed by atoms with Crippen LogP contribution < -0.4 is 0 Å². The number of sulfonamides is 1. The highest BCUT2D eigenvalue weighted by Crippen LogP contribution is 2.27. The van der Waals surface area contributed by atoms with Gasteiger partial charge in [0.1, 0.15) is 22.5 Å². The van der Waals surface area contributed by atoms with Gasteiger partial charge in [-0.1, -0.05) is 18.2 Å². The maximum atomic E-state index is 13.2. The number of likely N-dealkylation sites (N-methyl/N-ethyl adjacent to an activating group) is 1. The van der Waals surface area contributed by atoms with E-state index in [-0.39, 0.29) is 31.8 Å². The number of rotatable bonds is 10. The first kappa shape index (κ1) is 28.6. The molecule has 1 saturated heterocycles. The predicted octanol–water partition coefficient (Wildman–Crippen LogP) is 3.61. The summed E-state index contributed by atoms with van der Waals surface area (Å²) < 4.78 is 38.9. The maximum absolute atomic E-state index is 13.2. The summed E-state index contributed by atoms with van der Waals surface area (Å²) in [6.07, 6.45) is 0.391. The Morgan fingerprint density at radius 3 is 2.41 bits per heavy atom. The van der Waals surface area contributed by atoms with Crippen molar-refractivity contribution in [2.24, 2.45) is 5.92 Å². The molecule has 0 N–H and O–H groups in total. The molecule has 1 aromatic carbocycles. The van der Waals surface area contributed by atoms with Gasteiger partial charge < -0.3 is 14.1 Å². The molecule has 1 aliphatic rings. The highest BCUT2D eigenvalue weighted by molar-refractivity contribution is 7.89. The summed E-state index contributed by atoms with van der Waals surface area (Å²) in [5, 5.41) is 0.870. The van der Waals surface area contributed by atoms with Crippen molar-refractivity contribution in [1.82, 2.24) is 14.1 Å². The summed E-state index contributed by atoms with van der Waals surface area (Å²) in [7, 11) is -0.875. The van der Waals surface area contributed by atoms with Crippen LogP contribution in [0, 0.1) is 5.92 Å². The topological polar surface area (TPSA) is 117 Å². The zero-order valence-corrected chi connectivity index (χ0v) is 23.4. The number of amides is 3. The number of nitrogens with zero attached hydrogens (tertiary/aromatic N) is 3. The van der Waals surface area contributed by atoms with Gasteiger partial charge in [0.05, 0.1) is 18.2 Å². The zero-order valence-electron chi connectivity index (χ0n) is 22.6. The van der Waals surface area contributed by atoms with E-state index in [1.165, 1.54) is 11.9 Å². The monoisotopic (exact) mass is 535 g/mol. The molecular formula is C26H37N3O7S. The van der Waals surface area contributed by atoms with Gasteiger partial charge in [0.2, 0.25) is 10.0 Å². The van der Waals surface area contributed by atoms with Crippen molar-refractivity contribution >= 4 is 38.9 Å². The van der Waals surface area contributed by atoms with Gasteiger partial charge in [-0.25, -0.2) is 13.2 Å². The largest absolute Gasteiger partial charge is 0.460 e. The Morgan fingerprint density at radius 1 is 1.19 bits per heavy atom. The normalized spacial score (nSPS) is 17.2. The van der Waals surface area contributed by atoms with Crippen molar-refractivity contribution in [3.8, 4) is 0 Å². The Kier molecular flexibility index (Phi) is 8.09. The van der Waals surface area contributed by atoms with Crippen molar-refractivity contribution in [1.29, 1.82) is 0 Å². The van der Waals surface area contributed by atoms with E-state index in [1.807, 2.05) is 18.2 Å². The molecule has 1 aromatic heterocycles. The molecule has 37 heavy (non-hydrogen) atoms. The number of imide groups is 1. The molecule has 3 amide bonds. The summed E-state index contributed by atoms with van der Waals surface area (Å²) in [5.74, 6) is -1.91. The second kappa shape index (κ2) is 10.4. The van der Waals surface area contributed by atoms with E-state index in [2.05, 4.69) is 0 Å². The molecule has 0 bridgehead atoms. The van der Waals surface area contributed by atoms with Crippen LogP contribution >= 0.6 is 0 Å². The van der Waals surface area contributed by atoms with Crippen LogP contribution in [0.1, 0.15) is 53.2 Å². The van der Waals surface area contributed by atoms with Crippen LogP contribution in [-0.4, -0.2) is 78.0 Å². The molecular weight excluding hydrogens is 498 g/mol. The maximum Gasteiger partial charge on any atom is 0.327 e. The van der Waals surface area contributed by atoms with E-state index in [0.29, 0.717) is 11.3 Å². The van der Waals surface area contributed by atoms with E-state index < -0.39 is 44.8 Å². The van der Waals surface area contributed by atoms with Crippen molar-refractivity contribution < 1.29 is 32.0 Å². The number of ether oxygens (including phenoxy) is 1. The van der Waals surface area contributed by atoms with Crippen LogP contribution in [-0.2, 0) is 30.9 Å². The first-order valence-electron chi connectivity index (χ1n) is 12.3. The highest BCUT2D eigenvalue weighted by atomic mass is 32.2. The van der Waals surface area contributed by atoms with Gasteiger partial charge in [0.15, 0.2) is 0 Å². The van der Waals surface area contributed by atoms with E-state index >= 15 is 0 Å². The standard InChI is InChI=1S/C26H37N3O7S/c1-25(2,3)36-22(30)19(12-10-14-29-23(31)26(4,5)28(7)24(29)32)17-37(33,34)27(6)16-20-15-18-11-8-9-13-21(18)35-20/h8-9,11,13,15,19H,10,12,14,16-17H2,1-7H3. The minimum absolute atomic E-state index is 0.0102. The highest BCUT2D eigenvalue weighted by Gasteiger charge is 2.49. The van der Waals surface area contributed by atoms with Crippen molar-refractivity contribution in [3.05, 3.63) is 36.1 Å². The number of hydrogen-bond acceptors (Lipinski definition) is 7. The number of furan rings is 1. The van der Waals surface area contributed by atoms with E-state index in [9.17, 15) is 22.8 Å². The van der Waals surface area contributed by atoms with E-state index in [4.69, 9.17) is 9.15 Å². The zero-order chi connectivity index (χ0) is 27.8. The average Bonchev–Trinajstić information content (AvgIpc) is 3.25. The van der Waals surface area contributed by atoms with Crippen molar-refractivity contribution in [3.63, 3.8) is 0 Å². The third kappa shape index (κ3) is 6.51. The Labute approximate surface area is 218 Å². The third-order valence-corrected chi connectivity index (χ3v) is 8.44. The lowest BCUT2D eigenvalue weighted by molar-refractivity contribution is -0.159. The molecule has 3 rings (SSSR count). The average molecular weight is 536 g/mol. The molecule has 11 heteroatoms. The van der Waals surface area contributed by atoms with Gasteiger partial charge in [-0.3, -0.25) is 14.5 Å². The summed E-state index contributed by atoms with van der Waals surface area (Å²) >= 11 is 0. The first-order valence-corrected chi connectivity index (χ1v) is 13.9. The molecule has 0 saturated carbocycles. The third-order valence-electron chi connectivity index (χ3n) is 6.54. The fourth-order valence-corrected chi connectivity index (χ4v) is 5.53. The summed E-state index contributed by atoms with van der Waals surface area (Å²) in [4.78, 5) is 40.7. The lowest BCUT2D eigenvalue weighted by atomic mass is 10.0. The van der Waals surface area contributed by atoms with Gasteiger partial charge in [-0.15, -0.1) is 0 Å². The minimum atomic E-state index is -3.88. The van der Waals surface area contributed by atoms with Gasteiger partial charge in [-0.2, -0.15) is 4.31 Å². The van der Waals surface area contributed by atoms with Crippen LogP contribution in [0.4, 0.5) is 4.79 Å². The second-order valence-electron chi connectivity index (χ2n) is 11.0. The van der Waals surface area contributed by atoms with Gasteiger partial charge in [-0.05, 0) is 59.6 Å². The smallest absolute Gasteiger partial charge is 0.327 e. The summed E-state index contributed by atoms with van der Waals surface area (Å²) in [6, 6.07) is 8.77. The number of carbonyl (C=O) groups is 3. The molecule has 2 heterocycles. The van der Waals surface area contributed by atoms with Crippen LogP contribution in [0.5, 0.6) is 0 Å². The molecule has 0 aliphatic carbocycles. The Hall–Kier alpha value is -2.92. The summed E-state index contributed by atoms with van der Waals surface area (Å²) in [5.41, 5.74) is -1.09. The number of urea groups is 1. The molecule has 1 unspecified atom stereocenters. The van der Waals surface area contributed by atoms with Gasteiger partial charge in [0.25, 0.3) is 5.91 Å². The number of hydrogen-bond donors (Lipinski definition) is 0. The van der Waals surface area contributed by atoms with Crippen LogP contribution in [0.2, 0.25) is 0 Å². The van der Waals surface area contributed by atoms with Crippen molar-refractivity contribution in [2.45, 2.75) is 65.1 Å². The SMILES string of the molecule is CN1C(=O)N(CCCC(CS(=O)(=O)N(C)Cc2cc3ccccc3o2)C(=O)OC(C)(C)C)C(=O)C1(C)C. The lowest BCUT2D eigenvalue weighted by Gasteiger charge is -2.26. The molecule has 1 fully saturated rings. The van der Waals surface area contributed by atoms with Crippen LogP contribution in [0.25, 0.3) is 11.0 Å². The molecule has 1 aliphatic heterocycles. The fourth-order valence-electron chi connectivity index (χ4n) is 4.14. The molecule has 1 atom stereocenters. The fraction of sp³-hybridized carbons (Fsp3) is 0.577. The van der Waals surface area contributed by atoms with Crippen molar-refractivity contribution in [2.75, 3.05) is 26.4 Å². The number of benzene rings is 1. The van der Waals surface area contributed by atoms with Crippen LogP contribution in [0.3, 0.4) is 0 Å². The van der Waals surface area contributed by atoms with Crippen LogP contribution in [0.15, 0.2) is 34.7 Å². The van der Waals surface area contributed by atoms with E-state index in [1.54, 1.807) is 53.8 Å². The number of para-hydroxylation sites is 1. The molecule has 10 nitrogen and oxygen atoms in total. The van der Waals surface area contributed by atoms with Gasteiger partial charge >= 0.3 is 12.0 Å². The molecule has 2 aromatic rings. The molecule has 0 spiro atoms. The lowest BCUT2D eigenvalue weighted by Crippen LogP contribution is -2.41.